The highest BCUT2D eigenvalue weighted by Gasteiger charge is 2.38. The molecule has 1 rings (SSSR count). The van der Waals surface area contributed by atoms with E-state index in [1.807, 2.05) is 0 Å². The largest absolute Gasteiger partial charge is 0.479 e. The predicted octanol–water partition coefficient (Wildman–Crippen LogP) is -0.758. The second kappa shape index (κ2) is 5.13. The molecule has 1 saturated heterocycles. The molecule has 2 unspecified atom stereocenters. The van der Waals surface area contributed by atoms with E-state index < -0.39 is 26.8 Å². The monoisotopic (exact) mass is 283 g/mol. The van der Waals surface area contributed by atoms with E-state index in [0.29, 0.717) is 12.3 Å². The number of sulfone groups is 1. The van der Waals surface area contributed by atoms with Crippen molar-refractivity contribution in [1.29, 1.82) is 0 Å². The van der Waals surface area contributed by atoms with Crippen LogP contribution in [0.25, 0.3) is 0 Å². The summed E-state index contributed by atoms with van der Waals surface area (Å²) in [6.07, 6.45) is 1.13. The molecule has 1 fully saturated rings. The summed E-state index contributed by atoms with van der Waals surface area (Å²) < 4.78 is 23.1. The molecule has 0 bridgehead atoms. The molecular formula is C9H17NO5S2. The van der Waals surface area contributed by atoms with Gasteiger partial charge in [-0.2, -0.15) is 11.8 Å². The molecular weight excluding hydrogens is 266 g/mol. The van der Waals surface area contributed by atoms with Crippen LogP contribution in [0.2, 0.25) is 0 Å². The molecule has 0 spiro atoms. The van der Waals surface area contributed by atoms with Gasteiger partial charge in [0.2, 0.25) is 0 Å². The number of aliphatic carboxylic acids is 1. The third-order valence-electron chi connectivity index (χ3n) is 2.66. The van der Waals surface area contributed by atoms with Crippen LogP contribution >= 0.6 is 11.8 Å². The van der Waals surface area contributed by atoms with E-state index in [4.69, 9.17) is 5.11 Å². The van der Waals surface area contributed by atoms with Gasteiger partial charge in [0.25, 0.3) is 0 Å². The van der Waals surface area contributed by atoms with Crippen molar-refractivity contribution in [2.45, 2.75) is 17.9 Å². The van der Waals surface area contributed by atoms with Gasteiger partial charge < -0.3 is 10.2 Å². The Balaban J connectivity index is 2.84. The molecule has 1 aliphatic rings. The topological polar surface area (TPSA) is 94.9 Å². The molecule has 0 amide bonds. The third kappa shape index (κ3) is 3.84. The van der Waals surface area contributed by atoms with Crippen molar-refractivity contribution in [3.05, 3.63) is 0 Å². The number of hydrogen-bond acceptors (Lipinski definition) is 6. The number of carboxylic acid groups (broad SMARTS) is 1. The van der Waals surface area contributed by atoms with Crippen LogP contribution in [0.15, 0.2) is 0 Å². The van der Waals surface area contributed by atoms with Crippen molar-refractivity contribution in [1.82, 2.24) is 4.90 Å². The molecule has 1 heterocycles. The molecule has 0 saturated carbocycles. The Morgan fingerprint density at radius 3 is 2.65 bits per heavy atom. The molecule has 17 heavy (non-hydrogen) atoms. The first kappa shape index (κ1) is 14.7. The first-order chi connectivity index (χ1) is 7.64. The van der Waals surface area contributed by atoms with Crippen LogP contribution in [0.4, 0.5) is 0 Å². The normalized spacial score (nSPS) is 26.4. The molecule has 2 N–H and O–H groups in total. The Hall–Kier alpha value is -0.310. The van der Waals surface area contributed by atoms with Gasteiger partial charge in [-0.15, -0.1) is 0 Å². The van der Waals surface area contributed by atoms with Crippen molar-refractivity contribution < 1.29 is 23.4 Å². The zero-order valence-electron chi connectivity index (χ0n) is 9.79. The van der Waals surface area contributed by atoms with Crippen LogP contribution in [0.3, 0.4) is 0 Å². The summed E-state index contributed by atoms with van der Waals surface area (Å²) in [6.45, 7) is 1.46. The van der Waals surface area contributed by atoms with Gasteiger partial charge in [-0.1, -0.05) is 0 Å². The Morgan fingerprint density at radius 1 is 1.59 bits per heavy atom. The zero-order valence-corrected chi connectivity index (χ0v) is 11.4. The number of carboxylic acids is 1. The van der Waals surface area contributed by atoms with Crippen LogP contribution in [0, 0.1) is 0 Å². The number of aliphatic hydroxyl groups is 1. The highest BCUT2D eigenvalue weighted by molar-refractivity contribution is 8.00. The Bertz CT molecular complexity index is 392. The standard InChI is InChI=1S/C9H17NO5S2/c1-9(13,8(11)12)6-10-3-4-16-5-7(10)17(2,14)15/h7,13H,3-6H2,1-2H3,(H,11,12). The number of hydrogen-bond donors (Lipinski definition) is 2. The smallest absolute Gasteiger partial charge is 0.336 e. The average molecular weight is 283 g/mol. The van der Waals surface area contributed by atoms with Crippen molar-refractivity contribution in [3.8, 4) is 0 Å². The van der Waals surface area contributed by atoms with E-state index in [0.717, 1.165) is 12.0 Å². The fraction of sp³-hybridized carbons (Fsp3) is 0.889. The van der Waals surface area contributed by atoms with Crippen molar-refractivity contribution in [3.63, 3.8) is 0 Å². The van der Waals surface area contributed by atoms with Gasteiger partial charge in [-0.25, -0.2) is 13.2 Å². The number of rotatable bonds is 4. The van der Waals surface area contributed by atoms with E-state index in [2.05, 4.69) is 0 Å². The third-order valence-corrected chi connectivity index (χ3v) is 5.34. The van der Waals surface area contributed by atoms with Crippen molar-refractivity contribution in [2.24, 2.45) is 0 Å². The first-order valence-electron chi connectivity index (χ1n) is 5.11. The van der Waals surface area contributed by atoms with E-state index in [1.54, 1.807) is 0 Å². The summed E-state index contributed by atoms with van der Waals surface area (Å²) in [6, 6.07) is 0. The minimum absolute atomic E-state index is 0.180. The number of nitrogens with zero attached hydrogens (tertiary/aromatic N) is 1. The summed E-state index contributed by atoms with van der Waals surface area (Å²) in [4.78, 5) is 12.3. The summed E-state index contributed by atoms with van der Waals surface area (Å²) in [5, 5.41) is 17.8. The molecule has 0 aliphatic carbocycles. The lowest BCUT2D eigenvalue weighted by Gasteiger charge is -2.37. The molecule has 0 aromatic heterocycles. The van der Waals surface area contributed by atoms with E-state index in [1.165, 1.54) is 23.6 Å². The van der Waals surface area contributed by atoms with Crippen molar-refractivity contribution >= 4 is 27.6 Å². The summed E-state index contributed by atoms with van der Waals surface area (Å²) in [5.41, 5.74) is -1.93. The second-order valence-corrected chi connectivity index (χ2v) is 7.76. The van der Waals surface area contributed by atoms with Crippen LogP contribution in [0.5, 0.6) is 0 Å². The molecule has 0 aromatic carbocycles. The predicted molar refractivity (Wildman–Crippen MR) is 65.8 cm³/mol. The second-order valence-electron chi connectivity index (χ2n) is 4.41. The van der Waals surface area contributed by atoms with Gasteiger partial charge in [-0.05, 0) is 6.92 Å². The van der Waals surface area contributed by atoms with Crippen LogP contribution in [0.1, 0.15) is 6.92 Å². The quantitative estimate of drug-likeness (QED) is 0.700. The Morgan fingerprint density at radius 2 is 2.18 bits per heavy atom. The van der Waals surface area contributed by atoms with Gasteiger partial charge in [0, 0.05) is 30.9 Å². The minimum atomic E-state index is -3.27. The van der Waals surface area contributed by atoms with Crippen molar-refractivity contribution in [2.75, 3.05) is 30.9 Å². The fourth-order valence-electron chi connectivity index (χ4n) is 1.65. The van der Waals surface area contributed by atoms with Gasteiger partial charge in [0.15, 0.2) is 15.4 Å². The molecule has 0 radical (unpaired) electrons. The summed E-state index contributed by atoms with van der Waals surface area (Å²) >= 11 is 1.52. The zero-order chi connectivity index (χ0) is 13.3. The fourth-order valence-corrected chi connectivity index (χ4v) is 4.60. The lowest BCUT2D eigenvalue weighted by molar-refractivity contribution is -0.158. The molecule has 6 nitrogen and oxygen atoms in total. The highest BCUT2D eigenvalue weighted by atomic mass is 32.2. The summed E-state index contributed by atoms with van der Waals surface area (Å²) in [5.74, 6) is -0.195. The van der Waals surface area contributed by atoms with Gasteiger partial charge in [0.05, 0.1) is 0 Å². The Labute approximate surface area is 105 Å². The van der Waals surface area contributed by atoms with E-state index in [-0.39, 0.29) is 6.54 Å². The van der Waals surface area contributed by atoms with Crippen LogP contribution in [-0.4, -0.2) is 71.3 Å². The van der Waals surface area contributed by atoms with Gasteiger partial charge in [0.1, 0.15) is 5.37 Å². The lowest BCUT2D eigenvalue weighted by atomic mass is 10.1. The Kier molecular flexibility index (Phi) is 4.45. The number of thioether (sulfide) groups is 1. The first-order valence-corrected chi connectivity index (χ1v) is 8.22. The molecule has 2 atom stereocenters. The molecule has 100 valence electrons. The van der Waals surface area contributed by atoms with Crippen LogP contribution in [-0.2, 0) is 14.6 Å². The minimum Gasteiger partial charge on any atom is -0.479 e. The van der Waals surface area contributed by atoms with Gasteiger partial charge >= 0.3 is 5.97 Å². The molecule has 8 heteroatoms. The SMILES string of the molecule is CC(O)(CN1CCSCC1S(C)(=O)=O)C(=O)O. The maximum Gasteiger partial charge on any atom is 0.336 e. The van der Waals surface area contributed by atoms with Gasteiger partial charge in [-0.3, -0.25) is 4.90 Å². The van der Waals surface area contributed by atoms with E-state index >= 15 is 0 Å². The molecule has 1 aliphatic heterocycles. The number of carbonyl (C=O) groups is 1. The van der Waals surface area contributed by atoms with Crippen LogP contribution < -0.4 is 0 Å². The number of β-amino-alcohol motifs (C(OH)–C–C–N with tert-alkyl or cyclic N) is 1. The van der Waals surface area contributed by atoms with E-state index in [9.17, 15) is 18.3 Å². The lowest BCUT2D eigenvalue weighted by Crippen LogP contribution is -2.55. The summed E-state index contributed by atoms with van der Waals surface area (Å²) in [7, 11) is -3.27. The maximum atomic E-state index is 11.6. The highest BCUT2D eigenvalue weighted by Crippen LogP contribution is 2.22. The maximum absolute atomic E-state index is 11.6. The molecule has 0 aromatic rings. The average Bonchev–Trinajstić information content (AvgIpc) is 2.15.